The SMILES string of the molecule is CCOC(=O)CCc1ccc(Br)c(OC)c1. The van der Waals surface area contributed by atoms with Crippen molar-refractivity contribution < 1.29 is 14.3 Å². The van der Waals surface area contributed by atoms with E-state index < -0.39 is 0 Å². The van der Waals surface area contributed by atoms with Gasteiger partial charge in [0.25, 0.3) is 0 Å². The summed E-state index contributed by atoms with van der Waals surface area (Å²) in [4.78, 5) is 11.2. The van der Waals surface area contributed by atoms with Crippen LogP contribution in [0, 0.1) is 0 Å². The van der Waals surface area contributed by atoms with Gasteiger partial charge in [0, 0.05) is 6.42 Å². The van der Waals surface area contributed by atoms with Gasteiger partial charge in [-0.15, -0.1) is 0 Å². The Labute approximate surface area is 104 Å². The van der Waals surface area contributed by atoms with E-state index in [0.29, 0.717) is 19.4 Å². The summed E-state index contributed by atoms with van der Waals surface area (Å²) in [5.74, 6) is 0.616. The molecule has 0 N–H and O–H groups in total. The molecule has 4 heteroatoms. The van der Waals surface area contributed by atoms with E-state index in [1.807, 2.05) is 18.2 Å². The minimum Gasteiger partial charge on any atom is -0.496 e. The lowest BCUT2D eigenvalue weighted by Crippen LogP contribution is -2.05. The zero-order chi connectivity index (χ0) is 12.0. The van der Waals surface area contributed by atoms with Gasteiger partial charge >= 0.3 is 5.97 Å². The number of benzene rings is 1. The van der Waals surface area contributed by atoms with E-state index in [-0.39, 0.29) is 5.97 Å². The summed E-state index contributed by atoms with van der Waals surface area (Å²) in [6, 6.07) is 5.80. The van der Waals surface area contributed by atoms with Gasteiger partial charge in [-0.2, -0.15) is 0 Å². The van der Waals surface area contributed by atoms with Crippen LogP contribution in [0.4, 0.5) is 0 Å². The highest BCUT2D eigenvalue weighted by atomic mass is 79.9. The van der Waals surface area contributed by atoms with Crippen LogP contribution in [0.25, 0.3) is 0 Å². The maximum atomic E-state index is 11.2. The Morgan fingerprint density at radius 3 is 2.81 bits per heavy atom. The van der Waals surface area contributed by atoms with Crippen molar-refractivity contribution in [1.29, 1.82) is 0 Å². The van der Waals surface area contributed by atoms with Gasteiger partial charge in [-0.3, -0.25) is 4.79 Å². The molecule has 16 heavy (non-hydrogen) atoms. The van der Waals surface area contributed by atoms with E-state index in [4.69, 9.17) is 9.47 Å². The van der Waals surface area contributed by atoms with E-state index in [9.17, 15) is 4.79 Å². The molecule has 0 aliphatic heterocycles. The molecule has 0 saturated heterocycles. The van der Waals surface area contributed by atoms with Crippen LogP contribution >= 0.6 is 15.9 Å². The lowest BCUT2D eigenvalue weighted by molar-refractivity contribution is -0.143. The van der Waals surface area contributed by atoms with E-state index in [0.717, 1.165) is 15.8 Å². The van der Waals surface area contributed by atoms with Crippen molar-refractivity contribution in [1.82, 2.24) is 0 Å². The fourth-order valence-electron chi connectivity index (χ4n) is 1.34. The third kappa shape index (κ3) is 3.85. The van der Waals surface area contributed by atoms with Gasteiger partial charge in [0.15, 0.2) is 0 Å². The van der Waals surface area contributed by atoms with Crippen LogP contribution in [0.3, 0.4) is 0 Å². The molecule has 1 aromatic rings. The first-order valence-corrected chi connectivity index (χ1v) is 5.94. The maximum absolute atomic E-state index is 11.2. The van der Waals surface area contributed by atoms with E-state index in [2.05, 4.69) is 15.9 Å². The number of aryl methyl sites for hydroxylation is 1. The molecular formula is C12H15BrO3. The van der Waals surface area contributed by atoms with Gasteiger partial charge in [0.1, 0.15) is 5.75 Å². The maximum Gasteiger partial charge on any atom is 0.306 e. The highest BCUT2D eigenvalue weighted by molar-refractivity contribution is 9.10. The van der Waals surface area contributed by atoms with Crippen molar-refractivity contribution in [2.75, 3.05) is 13.7 Å². The first kappa shape index (κ1) is 13.0. The first-order valence-electron chi connectivity index (χ1n) is 5.15. The number of methoxy groups -OCH3 is 1. The Balaban J connectivity index is 2.57. The third-order valence-electron chi connectivity index (χ3n) is 2.14. The number of carbonyl (C=O) groups is 1. The summed E-state index contributed by atoms with van der Waals surface area (Å²) < 4.78 is 11.0. The summed E-state index contributed by atoms with van der Waals surface area (Å²) >= 11 is 3.38. The molecule has 0 amide bonds. The number of ether oxygens (including phenoxy) is 2. The number of carbonyl (C=O) groups excluding carboxylic acids is 1. The Bertz CT molecular complexity index is 363. The van der Waals surface area contributed by atoms with Gasteiger partial charge in [0.2, 0.25) is 0 Å². The molecule has 0 aliphatic rings. The molecular weight excluding hydrogens is 272 g/mol. The van der Waals surface area contributed by atoms with E-state index >= 15 is 0 Å². The summed E-state index contributed by atoms with van der Waals surface area (Å²) in [5, 5.41) is 0. The Kier molecular flexibility index (Phi) is 5.32. The predicted octanol–water partition coefficient (Wildman–Crippen LogP) is 2.95. The Morgan fingerprint density at radius 2 is 2.19 bits per heavy atom. The molecule has 0 saturated carbocycles. The number of rotatable bonds is 5. The van der Waals surface area contributed by atoms with Gasteiger partial charge in [-0.05, 0) is 47.0 Å². The quantitative estimate of drug-likeness (QED) is 0.781. The molecule has 0 spiro atoms. The highest BCUT2D eigenvalue weighted by Crippen LogP contribution is 2.26. The monoisotopic (exact) mass is 286 g/mol. The highest BCUT2D eigenvalue weighted by Gasteiger charge is 2.05. The molecule has 0 bridgehead atoms. The van der Waals surface area contributed by atoms with Crippen molar-refractivity contribution in [3.63, 3.8) is 0 Å². The normalized spacial score (nSPS) is 9.94. The van der Waals surface area contributed by atoms with Gasteiger partial charge < -0.3 is 9.47 Å². The zero-order valence-corrected chi connectivity index (χ0v) is 11.0. The number of halogens is 1. The fourth-order valence-corrected chi connectivity index (χ4v) is 1.75. The second-order valence-corrected chi connectivity index (χ2v) is 4.13. The van der Waals surface area contributed by atoms with Crippen molar-refractivity contribution >= 4 is 21.9 Å². The van der Waals surface area contributed by atoms with Crippen LogP contribution in [-0.2, 0) is 16.0 Å². The summed E-state index contributed by atoms with van der Waals surface area (Å²) in [5.41, 5.74) is 1.06. The molecule has 0 unspecified atom stereocenters. The fraction of sp³-hybridized carbons (Fsp3) is 0.417. The average molecular weight is 287 g/mol. The topological polar surface area (TPSA) is 35.5 Å². The number of esters is 1. The molecule has 1 rings (SSSR count). The molecule has 0 aromatic heterocycles. The van der Waals surface area contributed by atoms with Crippen molar-refractivity contribution in [2.24, 2.45) is 0 Å². The number of hydrogen-bond acceptors (Lipinski definition) is 3. The summed E-state index contributed by atoms with van der Waals surface area (Å²) in [6.07, 6.45) is 1.07. The third-order valence-corrected chi connectivity index (χ3v) is 2.79. The summed E-state index contributed by atoms with van der Waals surface area (Å²) in [7, 11) is 1.62. The predicted molar refractivity (Wildman–Crippen MR) is 65.6 cm³/mol. The van der Waals surface area contributed by atoms with Crippen molar-refractivity contribution in [2.45, 2.75) is 19.8 Å². The van der Waals surface area contributed by atoms with E-state index in [1.54, 1.807) is 14.0 Å². The summed E-state index contributed by atoms with van der Waals surface area (Å²) in [6.45, 7) is 2.24. The number of hydrogen-bond donors (Lipinski definition) is 0. The first-order chi connectivity index (χ1) is 7.67. The molecule has 0 aliphatic carbocycles. The molecule has 3 nitrogen and oxygen atoms in total. The molecule has 0 fully saturated rings. The van der Waals surface area contributed by atoms with Crippen LogP contribution in [0.2, 0.25) is 0 Å². The van der Waals surface area contributed by atoms with Crippen LogP contribution < -0.4 is 4.74 Å². The van der Waals surface area contributed by atoms with Crippen molar-refractivity contribution in [3.05, 3.63) is 28.2 Å². The second-order valence-electron chi connectivity index (χ2n) is 3.27. The lowest BCUT2D eigenvalue weighted by atomic mass is 10.1. The van der Waals surface area contributed by atoms with Crippen LogP contribution in [-0.4, -0.2) is 19.7 Å². The smallest absolute Gasteiger partial charge is 0.306 e. The standard InChI is InChI=1S/C12H15BrO3/c1-3-16-12(14)7-5-9-4-6-10(13)11(8-9)15-2/h4,6,8H,3,5,7H2,1-2H3. The van der Waals surface area contributed by atoms with Gasteiger partial charge in [0.05, 0.1) is 18.2 Å². The largest absolute Gasteiger partial charge is 0.496 e. The van der Waals surface area contributed by atoms with Gasteiger partial charge in [-0.1, -0.05) is 6.07 Å². The molecule has 1 aromatic carbocycles. The molecule has 0 radical (unpaired) electrons. The average Bonchev–Trinajstić information content (AvgIpc) is 2.28. The molecule has 0 atom stereocenters. The van der Waals surface area contributed by atoms with Crippen LogP contribution in [0.5, 0.6) is 5.75 Å². The Hall–Kier alpha value is -1.03. The Morgan fingerprint density at radius 1 is 1.44 bits per heavy atom. The minimum atomic E-state index is -0.163. The zero-order valence-electron chi connectivity index (χ0n) is 9.46. The molecule has 88 valence electrons. The van der Waals surface area contributed by atoms with Crippen LogP contribution in [0.15, 0.2) is 22.7 Å². The van der Waals surface area contributed by atoms with E-state index in [1.165, 1.54) is 0 Å². The van der Waals surface area contributed by atoms with Gasteiger partial charge in [-0.25, -0.2) is 0 Å². The van der Waals surface area contributed by atoms with Crippen molar-refractivity contribution in [3.8, 4) is 5.75 Å². The minimum absolute atomic E-state index is 0.163. The lowest BCUT2D eigenvalue weighted by Gasteiger charge is -2.06. The molecule has 0 heterocycles. The second kappa shape index (κ2) is 6.53. The van der Waals surface area contributed by atoms with Crippen LogP contribution in [0.1, 0.15) is 18.9 Å².